The van der Waals surface area contributed by atoms with Crippen molar-refractivity contribution in [2.24, 2.45) is 0 Å². The second kappa shape index (κ2) is 6.84. The number of ether oxygens (including phenoxy) is 1. The van der Waals surface area contributed by atoms with Crippen LogP contribution >= 0.6 is 11.3 Å². The van der Waals surface area contributed by atoms with E-state index in [0.29, 0.717) is 28.8 Å². The van der Waals surface area contributed by atoms with Crippen molar-refractivity contribution in [2.75, 3.05) is 13.7 Å². The van der Waals surface area contributed by atoms with Gasteiger partial charge >= 0.3 is 0 Å². The molecule has 26 heavy (non-hydrogen) atoms. The number of hydrogen-bond donors (Lipinski definition) is 0. The number of aromatic nitrogens is 3. The van der Waals surface area contributed by atoms with Crippen molar-refractivity contribution >= 4 is 17.2 Å². The normalized spacial score (nSPS) is 13.4. The number of nitrogens with zero attached hydrogens (tertiary/aromatic N) is 4. The van der Waals surface area contributed by atoms with Crippen molar-refractivity contribution in [2.45, 2.75) is 19.9 Å². The number of hydrogen-bond acceptors (Lipinski definition) is 6. The highest BCUT2D eigenvalue weighted by molar-refractivity contribution is 7.17. The zero-order valence-corrected chi connectivity index (χ0v) is 15.4. The second-order valence-electron chi connectivity index (χ2n) is 6.12. The Morgan fingerprint density at radius 1 is 1.23 bits per heavy atom. The molecule has 0 spiro atoms. The van der Waals surface area contributed by atoms with Crippen LogP contribution < -0.4 is 4.74 Å². The Labute approximate surface area is 155 Å². The van der Waals surface area contributed by atoms with Crippen LogP contribution in [0.5, 0.6) is 5.75 Å². The molecule has 0 bridgehead atoms. The molecule has 1 aliphatic heterocycles. The molecule has 3 heterocycles. The molecule has 0 unspecified atom stereocenters. The van der Waals surface area contributed by atoms with Gasteiger partial charge in [0.1, 0.15) is 10.6 Å². The maximum absolute atomic E-state index is 13.1. The van der Waals surface area contributed by atoms with Gasteiger partial charge in [0, 0.05) is 25.5 Å². The molecule has 2 aromatic heterocycles. The standard InChI is InChI=1S/C19H18N4O2S/c1-12-16(26-18(22-12)17-20-7-3-8-21-17)19(24)23-9-6-13-4-5-15(25-2)10-14(13)11-23/h3-5,7-8,10H,6,9,11H2,1-2H3. The fourth-order valence-electron chi connectivity index (χ4n) is 3.08. The molecule has 0 fully saturated rings. The minimum atomic E-state index is 0.00986. The van der Waals surface area contributed by atoms with Crippen LogP contribution in [0.1, 0.15) is 26.5 Å². The molecule has 132 valence electrons. The molecule has 0 N–H and O–H groups in total. The summed E-state index contributed by atoms with van der Waals surface area (Å²) in [7, 11) is 1.65. The highest BCUT2D eigenvalue weighted by Crippen LogP contribution is 2.29. The number of carbonyl (C=O) groups is 1. The molecule has 6 nitrogen and oxygen atoms in total. The Balaban J connectivity index is 1.59. The van der Waals surface area contributed by atoms with E-state index in [-0.39, 0.29) is 5.91 Å². The van der Waals surface area contributed by atoms with Crippen molar-refractivity contribution in [3.05, 3.63) is 58.4 Å². The van der Waals surface area contributed by atoms with Gasteiger partial charge in [-0.3, -0.25) is 4.79 Å². The van der Waals surface area contributed by atoms with Crippen LogP contribution in [0.25, 0.3) is 10.8 Å². The first-order chi connectivity index (χ1) is 12.7. The third-order valence-corrected chi connectivity index (χ3v) is 5.60. The fourth-order valence-corrected chi connectivity index (χ4v) is 4.06. The SMILES string of the molecule is COc1ccc2c(c1)CN(C(=O)c1sc(-c3ncccn3)nc1C)CC2. The second-order valence-corrected chi connectivity index (χ2v) is 7.12. The molecule has 0 aliphatic carbocycles. The maximum Gasteiger partial charge on any atom is 0.266 e. The van der Waals surface area contributed by atoms with Crippen LogP contribution in [0.15, 0.2) is 36.7 Å². The molecule has 1 aromatic carbocycles. The lowest BCUT2D eigenvalue weighted by atomic mass is 9.99. The van der Waals surface area contributed by atoms with E-state index in [1.807, 2.05) is 24.0 Å². The van der Waals surface area contributed by atoms with Gasteiger partial charge in [0.15, 0.2) is 10.8 Å². The zero-order valence-electron chi connectivity index (χ0n) is 14.6. The lowest BCUT2D eigenvalue weighted by Gasteiger charge is -2.29. The minimum absolute atomic E-state index is 0.00986. The molecule has 0 radical (unpaired) electrons. The highest BCUT2D eigenvalue weighted by atomic mass is 32.1. The fraction of sp³-hybridized carbons (Fsp3) is 0.263. The topological polar surface area (TPSA) is 68.2 Å². The summed E-state index contributed by atoms with van der Waals surface area (Å²) < 4.78 is 5.31. The number of amides is 1. The van der Waals surface area contributed by atoms with Gasteiger partial charge < -0.3 is 9.64 Å². The average Bonchev–Trinajstić information content (AvgIpc) is 3.09. The van der Waals surface area contributed by atoms with Gasteiger partial charge in [-0.2, -0.15) is 0 Å². The van der Waals surface area contributed by atoms with Gasteiger partial charge in [0.2, 0.25) is 0 Å². The molecule has 0 saturated heterocycles. The highest BCUT2D eigenvalue weighted by Gasteiger charge is 2.26. The largest absolute Gasteiger partial charge is 0.497 e. The van der Waals surface area contributed by atoms with Crippen LogP contribution in [0.3, 0.4) is 0 Å². The summed E-state index contributed by atoms with van der Waals surface area (Å²) in [6.45, 7) is 3.14. The van der Waals surface area contributed by atoms with Crippen molar-refractivity contribution in [3.63, 3.8) is 0 Å². The molecule has 0 atom stereocenters. The van der Waals surface area contributed by atoms with E-state index >= 15 is 0 Å². The summed E-state index contributed by atoms with van der Waals surface area (Å²) in [5, 5.41) is 0.672. The quantitative estimate of drug-likeness (QED) is 0.712. The van der Waals surface area contributed by atoms with Gasteiger partial charge in [0.05, 0.1) is 12.8 Å². The smallest absolute Gasteiger partial charge is 0.266 e. The number of thiazole rings is 1. The molecule has 4 rings (SSSR count). The predicted octanol–water partition coefficient (Wildman–Crippen LogP) is 3.12. The molecule has 3 aromatic rings. The number of fused-ring (bicyclic) bond motifs is 1. The van der Waals surface area contributed by atoms with Gasteiger partial charge in [-0.05, 0) is 42.7 Å². The molecule has 7 heteroatoms. The first-order valence-electron chi connectivity index (χ1n) is 8.35. The van der Waals surface area contributed by atoms with E-state index in [2.05, 4.69) is 21.0 Å². The number of aryl methyl sites for hydroxylation is 1. The van der Waals surface area contributed by atoms with Crippen molar-refractivity contribution in [3.8, 4) is 16.6 Å². The lowest BCUT2D eigenvalue weighted by molar-refractivity contribution is 0.0738. The van der Waals surface area contributed by atoms with Crippen molar-refractivity contribution in [1.82, 2.24) is 19.9 Å². The summed E-state index contributed by atoms with van der Waals surface area (Å²) >= 11 is 1.35. The third-order valence-electron chi connectivity index (χ3n) is 4.46. The first-order valence-corrected chi connectivity index (χ1v) is 9.17. The average molecular weight is 366 g/mol. The van der Waals surface area contributed by atoms with E-state index in [0.717, 1.165) is 23.4 Å². The molecular formula is C19H18N4O2S. The maximum atomic E-state index is 13.1. The zero-order chi connectivity index (χ0) is 18.1. The molecule has 0 saturated carbocycles. The number of rotatable bonds is 3. The lowest BCUT2D eigenvalue weighted by Crippen LogP contribution is -2.35. The van der Waals surface area contributed by atoms with E-state index < -0.39 is 0 Å². The Bertz CT molecular complexity index is 955. The summed E-state index contributed by atoms with van der Waals surface area (Å²) in [4.78, 5) is 28.5. The Kier molecular flexibility index (Phi) is 4.38. The number of carbonyl (C=O) groups excluding carboxylic acids is 1. The van der Waals surface area contributed by atoms with E-state index in [1.165, 1.54) is 16.9 Å². The van der Waals surface area contributed by atoms with Crippen LogP contribution in [-0.2, 0) is 13.0 Å². The summed E-state index contributed by atoms with van der Waals surface area (Å²) in [6.07, 6.45) is 4.20. The van der Waals surface area contributed by atoms with E-state index in [1.54, 1.807) is 25.6 Å². The van der Waals surface area contributed by atoms with Crippen LogP contribution in [0.4, 0.5) is 0 Å². The Morgan fingerprint density at radius 3 is 2.81 bits per heavy atom. The van der Waals surface area contributed by atoms with Crippen LogP contribution in [0, 0.1) is 6.92 Å². The van der Waals surface area contributed by atoms with E-state index in [4.69, 9.17) is 4.74 Å². The number of methoxy groups -OCH3 is 1. The van der Waals surface area contributed by atoms with Gasteiger partial charge in [0.25, 0.3) is 5.91 Å². The van der Waals surface area contributed by atoms with Gasteiger partial charge in [-0.1, -0.05) is 6.07 Å². The monoisotopic (exact) mass is 366 g/mol. The predicted molar refractivity (Wildman–Crippen MR) is 99.3 cm³/mol. The van der Waals surface area contributed by atoms with Crippen LogP contribution in [-0.4, -0.2) is 39.4 Å². The van der Waals surface area contributed by atoms with Gasteiger partial charge in [-0.25, -0.2) is 15.0 Å². The molecule has 1 amide bonds. The van der Waals surface area contributed by atoms with Crippen LogP contribution in [0.2, 0.25) is 0 Å². The first kappa shape index (κ1) is 16.7. The minimum Gasteiger partial charge on any atom is -0.497 e. The Morgan fingerprint density at radius 2 is 2.04 bits per heavy atom. The van der Waals surface area contributed by atoms with Crippen molar-refractivity contribution < 1.29 is 9.53 Å². The van der Waals surface area contributed by atoms with E-state index in [9.17, 15) is 4.79 Å². The summed E-state index contributed by atoms with van der Waals surface area (Å²) in [5.74, 6) is 1.37. The summed E-state index contributed by atoms with van der Waals surface area (Å²) in [6, 6.07) is 7.82. The Hall–Kier alpha value is -2.80. The summed E-state index contributed by atoms with van der Waals surface area (Å²) in [5.41, 5.74) is 3.13. The van der Waals surface area contributed by atoms with Gasteiger partial charge in [-0.15, -0.1) is 11.3 Å². The third kappa shape index (κ3) is 3.06. The van der Waals surface area contributed by atoms with Crippen molar-refractivity contribution in [1.29, 1.82) is 0 Å². The molecular weight excluding hydrogens is 348 g/mol. The number of benzene rings is 1. The molecule has 1 aliphatic rings.